The largest absolute Gasteiger partial charge is 0.496 e. The highest BCUT2D eigenvalue weighted by atomic mass is 16.5. The third kappa shape index (κ3) is 4.12. The molecule has 0 aliphatic rings. The Balaban J connectivity index is 2.91. The minimum atomic E-state index is -0.0471. The summed E-state index contributed by atoms with van der Waals surface area (Å²) in [5.41, 5.74) is 1.63. The second kappa shape index (κ2) is 6.98. The van der Waals surface area contributed by atoms with Crippen LogP contribution in [0.25, 0.3) is 0 Å². The normalized spacial score (nSPS) is 12.1. The number of methoxy groups -OCH3 is 1. The highest BCUT2D eigenvalue weighted by molar-refractivity contribution is 5.94. The van der Waals surface area contributed by atoms with E-state index < -0.39 is 0 Å². The summed E-state index contributed by atoms with van der Waals surface area (Å²) in [7, 11) is 1.63. The molecule has 104 valence electrons. The summed E-state index contributed by atoms with van der Waals surface area (Å²) in [6.07, 6.45) is 2.49. The minimum Gasteiger partial charge on any atom is -0.496 e. The molecular weight excluding hydrogens is 238 g/mol. The maximum absolute atomic E-state index is 12.1. The van der Waals surface area contributed by atoms with Gasteiger partial charge in [0.05, 0.1) is 7.11 Å². The zero-order valence-corrected chi connectivity index (χ0v) is 12.2. The molecule has 0 aromatic heterocycles. The van der Waals surface area contributed by atoms with Gasteiger partial charge in [0.15, 0.2) is 0 Å². The highest BCUT2D eigenvalue weighted by Crippen LogP contribution is 2.21. The number of ether oxygens (including phenoxy) is 1. The molecule has 19 heavy (non-hydrogen) atoms. The van der Waals surface area contributed by atoms with Crippen molar-refractivity contribution in [1.29, 1.82) is 0 Å². The van der Waals surface area contributed by atoms with Crippen molar-refractivity contribution in [2.24, 2.45) is 5.92 Å². The smallest absolute Gasteiger partial charge is 0.251 e. The van der Waals surface area contributed by atoms with E-state index in [1.165, 1.54) is 0 Å². The molecule has 0 saturated carbocycles. The van der Waals surface area contributed by atoms with E-state index in [9.17, 15) is 4.79 Å². The van der Waals surface area contributed by atoms with Gasteiger partial charge in [-0.3, -0.25) is 4.79 Å². The molecule has 0 spiro atoms. The van der Waals surface area contributed by atoms with Crippen LogP contribution in [0.1, 0.15) is 36.7 Å². The molecule has 1 aromatic rings. The molecule has 1 aromatic carbocycles. The molecule has 1 unspecified atom stereocenters. The Kier molecular flexibility index (Phi) is 5.61. The first-order chi connectivity index (χ1) is 8.99. The number of carbonyl (C=O) groups excluding carboxylic acids is 1. The van der Waals surface area contributed by atoms with E-state index >= 15 is 0 Å². The van der Waals surface area contributed by atoms with Crippen molar-refractivity contribution in [3.8, 4) is 5.75 Å². The Morgan fingerprint density at radius 3 is 2.63 bits per heavy atom. The predicted molar refractivity (Wildman–Crippen MR) is 78.7 cm³/mol. The maximum atomic E-state index is 12.1. The van der Waals surface area contributed by atoms with E-state index in [0.717, 1.165) is 11.3 Å². The lowest BCUT2D eigenvalue weighted by atomic mass is 10.0. The number of allylic oxidation sites excluding steroid dienone is 1. The lowest BCUT2D eigenvalue weighted by Gasteiger charge is -2.18. The Morgan fingerprint density at radius 1 is 1.42 bits per heavy atom. The summed E-state index contributed by atoms with van der Waals surface area (Å²) in [6.45, 7) is 9.90. The topological polar surface area (TPSA) is 38.3 Å². The third-order valence-electron chi connectivity index (χ3n) is 3.27. The van der Waals surface area contributed by atoms with Crippen LogP contribution in [-0.2, 0) is 6.42 Å². The van der Waals surface area contributed by atoms with Crippen LogP contribution >= 0.6 is 0 Å². The molecule has 3 nitrogen and oxygen atoms in total. The Morgan fingerprint density at radius 2 is 2.11 bits per heavy atom. The molecule has 3 heteroatoms. The van der Waals surface area contributed by atoms with Crippen molar-refractivity contribution < 1.29 is 9.53 Å². The van der Waals surface area contributed by atoms with Gasteiger partial charge in [-0.1, -0.05) is 19.9 Å². The van der Waals surface area contributed by atoms with Crippen LogP contribution in [0.15, 0.2) is 30.9 Å². The van der Waals surface area contributed by atoms with Gasteiger partial charge in [-0.05, 0) is 43.0 Å². The summed E-state index contributed by atoms with van der Waals surface area (Å²) in [6, 6.07) is 5.63. The van der Waals surface area contributed by atoms with Crippen LogP contribution in [0.3, 0.4) is 0 Å². The maximum Gasteiger partial charge on any atom is 0.251 e. The Hall–Kier alpha value is -1.77. The molecule has 0 saturated heterocycles. The lowest BCUT2D eigenvalue weighted by Crippen LogP contribution is -2.36. The fourth-order valence-corrected chi connectivity index (χ4v) is 1.69. The molecule has 0 heterocycles. The first-order valence-electron chi connectivity index (χ1n) is 6.58. The van der Waals surface area contributed by atoms with Gasteiger partial charge < -0.3 is 10.1 Å². The summed E-state index contributed by atoms with van der Waals surface area (Å²) in [4.78, 5) is 12.1. The minimum absolute atomic E-state index is 0.0471. The first kappa shape index (κ1) is 15.3. The van der Waals surface area contributed by atoms with Gasteiger partial charge in [0.2, 0.25) is 0 Å². The quantitative estimate of drug-likeness (QED) is 0.799. The van der Waals surface area contributed by atoms with Crippen LogP contribution in [0.4, 0.5) is 0 Å². The van der Waals surface area contributed by atoms with Crippen LogP contribution in [0.2, 0.25) is 0 Å². The molecule has 1 N–H and O–H groups in total. The van der Waals surface area contributed by atoms with E-state index in [-0.39, 0.29) is 11.9 Å². The number of benzene rings is 1. The molecule has 0 radical (unpaired) electrons. The van der Waals surface area contributed by atoms with Gasteiger partial charge in [0.25, 0.3) is 5.91 Å². The van der Waals surface area contributed by atoms with Gasteiger partial charge in [-0.25, -0.2) is 0 Å². The van der Waals surface area contributed by atoms with E-state index in [2.05, 4.69) is 25.7 Å². The zero-order valence-electron chi connectivity index (χ0n) is 12.2. The van der Waals surface area contributed by atoms with Crippen LogP contribution in [0.5, 0.6) is 5.75 Å². The molecular formula is C16H23NO2. The SMILES string of the molecule is C=CCc1cc(C(=O)NC(C)C(C)C)ccc1OC. The van der Waals surface area contributed by atoms with Crippen LogP contribution < -0.4 is 10.1 Å². The number of nitrogens with one attached hydrogen (secondary N) is 1. The van der Waals surface area contributed by atoms with Crippen molar-refractivity contribution >= 4 is 5.91 Å². The van der Waals surface area contributed by atoms with E-state index in [0.29, 0.717) is 17.9 Å². The van der Waals surface area contributed by atoms with Crippen molar-refractivity contribution in [2.45, 2.75) is 33.2 Å². The fourth-order valence-electron chi connectivity index (χ4n) is 1.69. The molecule has 0 fully saturated rings. The average molecular weight is 261 g/mol. The first-order valence-corrected chi connectivity index (χ1v) is 6.58. The van der Waals surface area contributed by atoms with E-state index in [1.54, 1.807) is 19.3 Å². The zero-order chi connectivity index (χ0) is 14.4. The van der Waals surface area contributed by atoms with E-state index in [1.807, 2.05) is 19.1 Å². The Bertz CT molecular complexity index is 452. The highest BCUT2D eigenvalue weighted by Gasteiger charge is 2.14. The molecule has 0 bridgehead atoms. The lowest BCUT2D eigenvalue weighted by molar-refractivity contribution is 0.0930. The van der Waals surface area contributed by atoms with Crippen molar-refractivity contribution in [2.75, 3.05) is 7.11 Å². The monoisotopic (exact) mass is 261 g/mol. The third-order valence-corrected chi connectivity index (χ3v) is 3.27. The van der Waals surface area contributed by atoms with Crippen LogP contribution in [-0.4, -0.2) is 19.1 Å². The second-order valence-corrected chi connectivity index (χ2v) is 5.03. The number of amides is 1. The fraction of sp³-hybridized carbons (Fsp3) is 0.438. The van der Waals surface area contributed by atoms with Gasteiger partial charge in [0, 0.05) is 11.6 Å². The molecule has 0 aliphatic heterocycles. The summed E-state index contributed by atoms with van der Waals surface area (Å²) in [5, 5.41) is 3.00. The van der Waals surface area contributed by atoms with Crippen molar-refractivity contribution in [1.82, 2.24) is 5.32 Å². The molecule has 0 aliphatic carbocycles. The number of hydrogen-bond acceptors (Lipinski definition) is 2. The second-order valence-electron chi connectivity index (χ2n) is 5.03. The molecule has 1 rings (SSSR count). The van der Waals surface area contributed by atoms with E-state index in [4.69, 9.17) is 4.74 Å². The summed E-state index contributed by atoms with van der Waals surface area (Å²) < 4.78 is 5.27. The Labute approximate surface area is 115 Å². The van der Waals surface area contributed by atoms with Crippen molar-refractivity contribution in [3.63, 3.8) is 0 Å². The number of rotatable bonds is 6. The summed E-state index contributed by atoms with van der Waals surface area (Å²) >= 11 is 0. The standard InChI is InChI=1S/C16H23NO2/c1-6-7-13-10-14(8-9-15(13)19-5)16(18)17-12(4)11(2)3/h6,8-12H,1,7H2,2-5H3,(H,17,18). The van der Waals surface area contributed by atoms with Crippen LogP contribution in [0, 0.1) is 5.92 Å². The number of carbonyl (C=O) groups is 1. The van der Waals surface area contributed by atoms with Gasteiger partial charge in [-0.15, -0.1) is 6.58 Å². The van der Waals surface area contributed by atoms with Crippen molar-refractivity contribution in [3.05, 3.63) is 42.0 Å². The van der Waals surface area contributed by atoms with Gasteiger partial charge >= 0.3 is 0 Å². The molecule has 1 atom stereocenters. The van der Waals surface area contributed by atoms with Gasteiger partial charge in [-0.2, -0.15) is 0 Å². The number of hydrogen-bond donors (Lipinski definition) is 1. The molecule has 1 amide bonds. The van der Waals surface area contributed by atoms with Gasteiger partial charge in [0.1, 0.15) is 5.75 Å². The summed E-state index contributed by atoms with van der Waals surface area (Å²) in [5.74, 6) is 1.15. The average Bonchev–Trinajstić information content (AvgIpc) is 2.38. The predicted octanol–water partition coefficient (Wildman–Crippen LogP) is 3.20.